The lowest BCUT2D eigenvalue weighted by molar-refractivity contribution is -0.189. The van der Waals surface area contributed by atoms with E-state index in [4.69, 9.17) is 19.4 Å². The first kappa shape index (κ1) is 48.2. The number of cyclic esters (lactones) is 1. The summed E-state index contributed by atoms with van der Waals surface area (Å²) in [6.45, 7) is 17.0. The van der Waals surface area contributed by atoms with Gasteiger partial charge in [-0.05, 0) is 74.9 Å². The molecule has 5 amide bonds. The van der Waals surface area contributed by atoms with E-state index in [1.807, 2.05) is 52.1 Å². The molecule has 3 N–H and O–H groups in total. The van der Waals surface area contributed by atoms with Gasteiger partial charge in [0, 0.05) is 92.2 Å². The number of thiazole rings is 1. The summed E-state index contributed by atoms with van der Waals surface area (Å²) < 4.78 is 14.0. The fourth-order valence-corrected chi connectivity index (χ4v) is 10.2. The molecule has 0 spiro atoms. The molecule has 17 nitrogen and oxygen atoms in total. The lowest BCUT2D eigenvalue weighted by Crippen LogP contribution is -2.67. The summed E-state index contributed by atoms with van der Waals surface area (Å²) in [6.07, 6.45) is 3.95. The van der Waals surface area contributed by atoms with E-state index in [0.29, 0.717) is 43.2 Å². The average Bonchev–Trinajstić information content (AvgIpc) is 3.90. The number of methoxy groups -OCH3 is 1. The van der Waals surface area contributed by atoms with Crippen molar-refractivity contribution in [3.63, 3.8) is 0 Å². The number of carbonyl (C=O) groups excluding carboxylic acids is 5. The van der Waals surface area contributed by atoms with Crippen LogP contribution in [0.4, 0.5) is 4.79 Å². The Morgan fingerprint density at radius 3 is 2.61 bits per heavy atom. The van der Waals surface area contributed by atoms with Crippen molar-refractivity contribution in [2.45, 2.75) is 104 Å². The molecule has 0 aliphatic carbocycles. The molecule has 354 valence electrons. The maximum Gasteiger partial charge on any atom is 0.355 e. The van der Waals surface area contributed by atoms with Gasteiger partial charge in [0.25, 0.3) is 5.91 Å². The fourth-order valence-electron chi connectivity index (χ4n) is 9.39. The van der Waals surface area contributed by atoms with Crippen LogP contribution < -0.4 is 10.7 Å². The highest BCUT2D eigenvalue weighted by Gasteiger charge is 2.46. The summed E-state index contributed by atoms with van der Waals surface area (Å²) in [7, 11) is 3.20. The van der Waals surface area contributed by atoms with Crippen LogP contribution in [0.2, 0.25) is 0 Å². The van der Waals surface area contributed by atoms with Gasteiger partial charge in [0.15, 0.2) is 0 Å². The minimum Gasteiger partial charge on any atom is -0.462 e. The topological polar surface area (TPSA) is 192 Å². The Hall–Kier alpha value is -5.69. The van der Waals surface area contributed by atoms with Gasteiger partial charge in [0.1, 0.15) is 12.1 Å². The van der Waals surface area contributed by atoms with Crippen LogP contribution in [0.1, 0.15) is 83.2 Å². The largest absolute Gasteiger partial charge is 0.462 e. The number of likely N-dealkylation sites (N-methyl/N-ethyl adjacent to an activating group) is 1. The molecule has 0 unspecified atom stereocenters. The SMILES string of the molecule is C=CC(=O)N1CCCN(C(=O)N(C)[C@H](C(=O)N[C@H]2Cc3nc(cs3)-c3ccc4c(c3)c(c(-c3cccnc3[C@H](C)OC)n4CC)CC(C)(C)COC(=O)[C@@]3(O)CCCN(N3)C2=O)C(C)C)C1. The number of rotatable bonds is 9. The Kier molecular flexibility index (Phi) is 14.4. The molecule has 6 bridgehead atoms. The molecule has 4 atom stereocenters. The molecule has 0 saturated carbocycles. The van der Waals surface area contributed by atoms with Crippen LogP contribution in [0.15, 0.2) is 54.6 Å². The summed E-state index contributed by atoms with van der Waals surface area (Å²) >= 11 is 1.35. The molecule has 3 aromatic heterocycles. The van der Waals surface area contributed by atoms with Crippen LogP contribution in [0.3, 0.4) is 0 Å². The summed E-state index contributed by atoms with van der Waals surface area (Å²) in [5.74, 6) is -2.78. The molecule has 66 heavy (non-hydrogen) atoms. The molecule has 2 saturated heterocycles. The van der Waals surface area contributed by atoms with Gasteiger partial charge in [0.05, 0.1) is 41.5 Å². The summed E-state index contributed by atoms with van der Waals surface area (Å²) in [6, 6.07) is 7.55. The second kappa shape index (κ2) is 19.6. The zero-order valence-electron chi connectivity index (χ0n) is 39.3. The second-order valence-corrected chi connectivity index (χ2v) is 19.6. The number of nitrogens with one attached hydrogen (secondary N) is 2. The molecule has 2 fully saturated rings. The maximum atomic E-state index is 14.6. The van der Waals surface area contributed by atoms with E-state index >= 15 is 0 Å². The van der Waals surface area contributed by atoms with Crippen LogP contribution >= 0.6 is 11.3 Å². The van der Waals surface area contributed by atoms with E-state index in [2.05, 4.69) is 47.0 Å². The van der Waals surface area contributed by atoms with Crippen LogP contribution in [0, 0.1) is 11.3 Å². The standard InChI is InChI=1S/C48H63N9O8S/c1-10-39(58)54-20-14-21-55(28-54)46(62)53(8)41(29(3)4)43(59)51-35-24-38-50-36(26-66-38)31-16-17-37-33(23-31)34(42(56(37)11-2)32-15-12-19-49-40(32)30(5)64-9)25-47(6,7)27-65-45(61)48(63)18-13-22-57(52-48)44(35)60/h10,12,15-17,19,23,26,29-30,35,41,52,63H,1,11,13-14,18,20-22,24-25,27-28H2,2-9H3,(H,51,59)/t30-,35-,41-,48-/m0/s1. The van der Waals surface area contributed by atoms with Gasteiger partial charge in [-0.25, -0.2) is 14.6 Å². The van der Waals surface area contributed by atoms with Gasteiger partial charge in [-0.3, -0.25) is 24.4 Å². The zero-order valence-corrected chi connectivity index (χ0v) is 40.1. The molecule has 0 radical (unpaired) electrons. The Bertz CT molecular complexity index is 2500. The van der Waals surface area contributed by atoms with Crippen molar-refractivity contribution in [1.82, 2.24) is 45.0 Å². The van der Waals surface area contributed by atoms with Crippen LogP contribution in [0.5, 0.6) is 0 Å². The summed E-state index contributed by atoms with van der Waals surface area (Å²) in [5.41, 5.74) is 6.18. The van der Waals surface area contributed by atoms with E-state index in [1.54, 1.807) is 13.3 Å². The normalized spacial score (nSPS) is 21.2. The number of hydrogen-bond donors (Lipinski definition) is 3. The Morgan fingerprint density at radius 2 is 1.89 bits per heavy atom. The number of aliphatic hydroxyl groups is 1. The highest BCUT2D eigenvalue weighted by atomic mass is 32.1. The highest BCUT2D eigenvalue weighted by molar-refractivity contribution is 7.10. The van der Waals surface area contributed by atoms with Gasteiger partial charge in [-0.1, -0.05) is 40.3 Å². The monoisotopic (exact) mass is 925 g/mol. The van der Waals surface area contributed by atoms with Crippen molar-refractivity contribution >= 4 is 52.0 Å². The third kappa shape index (κ3) is 9.73. The van der Waals surface area contributed by atoms with Crippen molar-refractivity contribution in [2.24, 2.45) is 11.3 Å². The van der Waals surface area contributed by atoms with Crippen LogP contribution in [-0.2, 0) is 48.0 Å². The molecular formula is C48H63N9O8S. The van der Waals surface area contributed by atoms with E-state index in [9.17, 15) is 29.1 Å². The van der Waals surface area contributed by atoms with Gasteiger partial charge in [-0.2, -0.15) is 5.43 Å². The summed E-state index contributed by atoms with van der Waals surface area (Å²) in [5, 5.41) is 19.4. The molecular weight excluding hydrogens is 863 g/mol. The number of aromatic nitrogens is 3. The van der Waals surface area contributed by atoms with E-state index in [1.165, 1.54) is 44.2 Å². The number of amides is 5. The Balaban J connectivity index is 1.28. The second-order valence-electron chi connectivity index (χ2n) is 18.6. The molecule has 3 aliphatic heterocycles. The first-order chi connectivity index (χ1) is 31.4. The number of hydrogen-bond acceptors (Lipinski definition) is 12. The number of benzene rings is 1. The minimum atomic E-state index is -2.24. The van der Waals surface area contributed by atoms with Gasteiger partial charge in [-0.15, -0.1) is 11.3 Å². The number of nitrogens with zero attached hydrogens (tertiary/aromatic N) is 7. The lowest BCUT2D eigenvalue weighted by atomic mass is 9.84. The van der Waals surface area contributed by atoms with Crippen LogP contribution in [0.25, 0.3) is 33.4 Å². The number of hydrazine groups is 1. The first-order valence-electron chi connectivity index (χ1n) is 22.7. The smallest absolute Gasteiger partial charge is 0.355 e. The van der Waals surface area contributed by atoms with Gasteiger partial charge in [0.2, 0.25) is 17.5 Å². The quantitative estimate of drug-likeness (QED) is 0.146. The van der Waals surface area contributed by atoms with E-state index in [0.717, 1.165) is 39.0 Å². The zero-order chi connectivity index (χ0) is 47.7. The lowest BCUT2D eigenvalue weighted by Gasteiger charge is -2.41. The number of urea groups is 1. The number of carbonyl (C=O) groups is 5. The Morgan fingerprint density at radius 1 is 1.14 bits per heavy atom. The highest BCUT2D eigenvalue weighted by Crippen LogP contribution is 2.42. The number of ether oxygens (including phenoxy) is 2. The molecule has 6 heterocycles. The molecule has 4 aromatic rings. The maximum absolute atomic E-state index is 14.6. The fraction of sp³-hybridized carbons (Fsp3) is 0.521. The third-order valence-electron chi connectivity index (χ3n) is 12.8. The number of pyridine rings is 1. The third-order valence-corrected chi connectivity index (χ3v) is 13.7. The van der Waals surface area contributed by atoms with E-state index in [-0.39, 0.29) is 57.0 Å². The summed E-state index contributed by atoms with van der Waals surface area (Å²) in [4.78, 5) is 83.6. The van der Waals surface area contributed by atoms with Crippen molar-refractivity contribution in [3.8, 4) is 22.5 Å². The number of esters is 1. The van der Waals surface area contributed by atoms with Crippen molar-refractivity contribution in [3.05, 3.63) is 70.8 Å². The van der Waals surface area contributed by atoms with Crippen molar-refractivity contribution < 1.29 is 38.6 Å². The van der Waals surface area contributed by atoms with Crippen molar-refractivity contribution in [1.29, 1.82) is 0 Å². The molecule has 1 aromatic carbocycles. The average molecular weight is 926 g/mol. The van der Waals surface area contributed by atoms with Crippen molar-refractivity contribution in [2.75, 3.05) is 47.1 Å². The predicted octanol–water partition coefficient (Wildman–Crippen LogP) is 5.28. The number of fused-ring (bicyclic) bond motifs is 6. The number of aryl methyl sites for hydroxylation is 1. The predicted molar refractivity (Wildman–Crippen MR) is 250 cm³/mol. The van der Waals surface area contributed by atoms with Gasteiger partial charge < -0.3 is 39.2 Å². The Labute approximate surface area is 390 Å². The van der Waals surface area contributed by atoms with Crippen LogP contribution in [-0.4, -0.2) is 134 Å². The van der Waals surface area contributed by atoms with E-state index < -0.39 is 47.0 Å². The molecule has 7 rings (SSSR count). The minimum absolute atomic E-state index is 0.0179. The molecule has 3 aliphatic rings. The van der Waals surface area contributed by atoms with Gasteiger partial charge >= 0.3 is 12.0 Å². The first-order valence-corrected chi connectivity index (χ1v) is 23.6. The molecule has 18 heteroatoms.